The fraction of sp³-hybridized carbons (Fsp3) is 0.0667. The zero-order valence-electron chi connectivity index (χ0n) is 9.94. The van der Waals surface area contributed by atoms with Crippen molar-refractivity contribution >= 4 is 11.0 Å². The Hall–Kier alpha value is -2.20. The molecule has 0 saturated carbocycles. The summed E-state index contributed by atoms with van der Waals surface area (Å²) >= 11 is 0. The van der Waals surface area contributed by atoms with Crippen molar-refractivity contribution in [2.24, 2.45) is 5.73 Å². The van der Waals surface area contributed by atoms with E-state index in [0.29, 0.717) is 16.7 Å². The molecule has 0 aliphatic carbocycles. The van der Waals surface area contributed by atoms with Gasteiger partial charge in [-0.05, 0) is 29.8 Å². The smallest absolute Gasteiger partial charge is 0.169 e. The number of para-hydroxylation sites is 1. The number of hydrogen-bond donors (Lipinski definition) is 1. The standard InChI is InChI=1S/C15H11F2NO/c16-11-5-1-3-9(7-11)14(18)13-8-10-4-2-6-12(17)15(10)19-13/h1-8,14H,18H2. The Kier molecular flexibility index (Phi) is 2.80. The van der Waals surface area contributed by atoms with Crippen LogP contribution >= 0.6 is 0 Å². The van der Waals surface area contributed by atoms with Crippen molar-refractivity contribution in [2.75, 3.05) is 0 Å². The van der Waals surface area contributed by atoms with Crippen molar-refractivity contribution in [3.05, 3.63) is 71.5 Å². The molecule has 1 heterocycles. The molecule has 0 bridgehead atoms. The van der Waals surface area contributed by atoms with Crippen LogP contribution in [0.15, 0.2) is 52.9 Å². The molecule has 19 heavy (non-hydrogen) atoms. The number of nitrogens with two attached hydrogens (primary N) is 1. The van der Waals surface area contributed by atoms with Gasteiger partial charge in [0, 0.05) is 5.39 Å². The minimum Gasteiger partial charge on any atom is -0.456 e. The van der Waals surface area contributed by atoms with Crippen LogP contribution in [0, 0.1) is 11.6 Å². The van der Waals surface area contributed by atoms with E-state index in [4.69, 9.17) is 10.2 Å². The number of furan rings is 1. The van der Waals surface area contributed by atoms with E-state index in [2.05, 4.69) is 0 Å². The maximum atomic E-state index is 13.5. The van der Waals surface area contributed by atoms with Gasteiger partial charge in [0.05, 0.1) is 6.04 Å². The van der Waals surface area contributed by atoms with Crippen molar-refractivity contribution in [1.82, 2.24) is 0 Å². The van der Waals surface area contributed by atoms with Crippen LogP contribution in [0.4, 0.5) is 8.78 Å². The third-order valence-electron chi connectivity index (χ3n) is 3.03. The average Bonchev–Trinajstić information content (AvgIpc) is 2.83. The second-order valence-corrected chi connectivity index (χ2v) is 4.34. The van der Waals surface area contributed by atoms with Gasteiger partial charge in [-0.15, -0.1) is 0 Å². The van der Waals surface area contributed by atoms with E-state index in [1.807, 2.05) is 0 Å². The van der Waals surface area contributed by atoms with Crippen LogP contribution in [-0.2, 0) is 0 Å². The van der Waals surface area contributed by atoms with E-state index in [1.165, 1.54) is 18.2 Å². The molecule has 0 spiro atoms. The van der Waals surface area contributed by atoms with Crippen LogP contribution in [0.25, 0.3) is 11.0 Å². The Morgan fingerprint density at radius 2 is 1.79 bits per heavy atom. The second-order valence-electron chi connectivity index (χ2n) is 4.34. The zero-order chi connectivity index (χ0) is 13.4. The molecule has 1 aromatic heterocycles. The van der Waals surface area contributed by atoms with Crippen molar-refractivity contribution in [3.8, 4) is 0 Å². The number of halogens is 2. The topological polar surface area (TPSA) is 39.2 Å². The number of rotatable bonds is 2. The Morgan fingerprint density at radius 1 is 1.00 bits per heavy atom. The molecule has 0 saturated heterocycles. The SMILES string of the molecule is NC(c1cccc(F)c1)c1cc2cccc(F)c2o1. The largest absolute Gasteiger partial charge is 0.456 e. The fourth-order valence-corrected chi connectivity index (χ4v) is 2.07. The van der Waals surface area contributed by atoms with Crippen LogP contribution in [-0.4, -0.2) is 0 Å². The molecule has 0 amide bonds. The Morgan fingerprint density at radius 3 is 2.53 bits per heavy atom. The Bertz CT molecular complexity index is 736. The molecule has 0 aliphatic rings. The molecule has 3 aromatic rings. The monoisotopic (exact) mass is 259 g/mol. The Labute approximate surface area is 108 Å². The maximum Gasteiger partial charge on any atom is 0.169 e. The van der Waals surface area contributed by atoms with Crippen LogP contribution in [0.1, 0.15) is 17.4 Å². The highest BCUT2D eigenvalue weighted by Crippen LogP contribution is 2.28. The van der Waals surface area contributed by atoms with E-state index in [0.717, 1.165) is 0 Å². The lowest BCUT2D eigenvalue weighted by Crippen LogP contribution is -2.10. The first-order valence-electron chi connectivity index (χ1n) is 5.84. The number of benzene rings is 2. The van der Waals surface area contributed by atoms with Gasteiger partial charge in [0.2, 0.25) is 0 Å². The molecule has 96 valence electrons. The molecule has 2 aromatic carbocycles. The third-order valence-corrected chi connectivity index (χ3v) is 3.03. The first-order valence-corrected chi connectivity index (χ1v) is 5.84. The normalized spacial score (nSPS) is 12.8. The van der Waals surface area contributed by atoms with E-state index < -0.39 is 11.9 Å². The predicted molar refractivity (Wildman–Crippen MR) is 68.6 cm³/mol. The maximum absolute atomic E-state index is 13.5. The molecule has 0 aliphatic heterocycles. The first kappa shape index (κ1) is 11.9. The molecular weight excluding hydrogens is 248 g/mol. The van der Waals surface area contributed by atoms with Crippen LogP contribution in [0.2, 0.25) is 0 Å². The Balaban J connectivity index is 2.06. The summed E-state index contributed by atoms with van der Waals surface area (Å²) < 4.78 is 32.1. The lowest BCUT2D eigenvalue weighted by atomic mass is 10.1. The quantitative estimate of drug-likeness (QED) is 0.761. The van der Waals surface area contributed by atoms with Gasteiger partial charge in [-0.1, -0.05) is 24.3 Å². The van der Waals surface area contributed by atoms with E-state index in [9.17, 15) is 8.78 Å². The number of fused-ring (bicyclic) bond motifs is 1. The van der Waals surface area contributed by atoms with Gasteiger partial charge in [0.15, 0.2) is 11.4 Å². The molecule has 0 fully saturated rings. The highest BCUT2D eigenvalue weighted by atomic mass is 19.1. The van der Waals surface area contributed by atoms with Crippen molar-refractivity contribution in [3.63, 3.8) is 0 Å². The molecule has 1 atom stereocenters. The van der Waals surface area contributed by atoms with Gasteiger partial charge in [0.25, 0.3) is 0 Å². The van der Waals surface area contributed by atoms with Gasteiger partial charge in [-0.2, -0.15) is 0 Å². The van der Waals surface area contributed by atoms with Crippen molar-refractivity contribution < 1.29 is 13.2 Å². The molecule has 2 nitrogen and oxygen atoms in total. The average molecular weight is 259 g/mol. The van der Waals surface area contributed by atoms with E-state index in [-0.39, 0.29) is 11.4 Å². The molecule has 0 radical (unpaired) electrons. The summed E-state index contributed by atoms with van der Waals surface area (Å²) in [7, 11) is 0. The van der Waals surface area contributed by atoms with Gasteiger partial charge >= 0.3 is 0 Å². The first-order chi connectivity index (χ1) is 9.15. The van der Waals surface area contributed by atoms with Crippen molar-refractivity contribution in [1.29, 1.82) is 0 Å². The summed E-state index contributed by atoms with van der Waals surface area (Å²) in [5.74, 6) is -0.392. The molecular formula is C15H11F2NO. The fourth-order valence-electron chi connectivity index (χ4n) is 2.07. The van der Waals surface area contributed by atoms with E-state index in [1.54, 1.807) is 30.3 Å². The highest BCUT2D eigenvalue weighted by Gasteiger charge is 2.16. The summed E-state index contributed by atoms with van der Waals surface area (Å²) in [6, 6.07) is 11.7. The van der Waals surface area contributed by atoms with Gasteiger partial charge < -0.3 is 10.2 Å². The highest BCUT2D eigenvalue weighted by molar-refractivity contribution is 5.78. The van der Waals surface area contributed by atoms with Crippen LogP contribution in [0.3, 0.4) is 0 Å². The van der Waals surface area contributed by atoms with E-state index >= 15 is 0 Å². The van der Waals surface area contributed by atoms with Gasteiger partial charge in [0.1, 0.15) is 11.6 Å². The summed E-state index contributed by atoms with van der Waals surface area (Å²) in [4.78, 5) is 0. The van der Waals surface area contributed by atoms with Crippen molar-refractivity contribution in [2.45, 2.75) is 6.04 Å². The lowest BCUT2D eigenvalue weighted by Gasteiger charge is -2.08. The third kappa shape index (κ3) is 2.11. The predicted octanol–water partition coefficient (Wildman–Crippen LogP) is 3.76. The summed E-state index contributed by atoms with van der Waals surface area (Å²) in [6.45, 7) is 0. The minimum atomic E-state index is -0.623. The number of hydrogen-bond acceptors (Lipinski definition) is 2. The molecule has 4 heteroatoms. The van der Waals surface area contributed by atoms with Crippen LogP contribution < -0.4 is 5.73 Å². The summed E-state index contributed by atoms with van der Waals surface area (Å²) in [6.07, 6.45) is 0. The minimum absolute atomic E-state index is 0.171. The van der Waals surface area contributed by atoms with Gasteiger partial charge in [-0.3, -0.25) is 0 Å². The molecule has 3 rings (SSSR count). The zero-order valence-corrected chi connectivity index (χ0v) is 9.94. The van der Waals surface area contributed by atoms with Gasteiger partial charge in [-0.25, -0.2) is 8.78 Å². The lowest BCUT2D eigenvalue weighted by molar-refractivity contribution is 0.501. The summed E-state index contributed by atoms with van der Waals surface area (Å²) in [5.41, 5.74) is 6.77. The molecule has 2 N–H and O–H groups in total. The molecule has 1 unspecified atom stereocenters. The summed E-state index contributed by atoms with van der Waals surface area (Å²) in [5, 5.41) is 0.641. The van der Waals surface area contributed by atoms with Crippen LogP contribution in [0.5, 0.6) is 0 Å². The second kappa shape index (κ2) is 4.48.